The molecule has 3 unspecified atom stereocenters. The molecule has 12 fully saturated rings. The van der Waals surface area contributed by atoms with Gasteiger partial charge in [0.1, 0.15) is 6.17 Å². The maximum absolute atomic E-state index is 12.7. The summed E-state index contributed by atoms with van der Waals surface area (Å²) in [6.45, 7) is 98.0. The zero-order valence-electron chi connectivity index (χ0n) is 99.9. The summed E-state index contributed by atoms with van der Waals surface area (Å²) in [6.07, 6.45) is 19.5. The Morgan fingerprint density at radius 1 is 0.331 bits per heavy atom. The number of rotatable bonds is 50. The second kappa shape index (κ2) is 92.3. The molecule has 12 heterocycles. The fourth-order valence-corrected chi connectivity index (χ4v) is 17.1. The van der Waals surface area contributed by atoms with E-state index in [4.69, 9.17) is 71.1 Å². The van der Waals surface area contributed by atoms with Gasteiger partial charge in [-0.25, -0.2) is 18.0 Å². The fraction of sp³-hybridized carbons (Fsp3) is 0.982. The van der Waals surface area contributed by atoms with Crippen LogP contribution in [0.5, 0.6) is 0 Å². The van der Waals surface area contributed by atoms with Gasteiger partial charge in [-0.05, 0) is 303 Å². The zero-order chi connectivity index (χ0) is 110. The number of ether oxygens (including phenoxy) is 15. The lowest BCUT2D eigenvalue weighted by Gasteiger charge is -2.32. The Hall–Kier alpha value is -2.55. The van der Waals surface area contributed by atoms with Gasteiger partial charge in [-0.2, -0.15) is 0 Å². The number of hydrogen-bond donors (Lipinski definition) is 2. The molecular weight excluding hydrogens is 1900 g/mol. The first-order chi connectivity index (χ1) is 70.5. The number of nitrogens with one attached hydrogen (secondary N) is 1. The number of halogens is 3. The van der Waals surface area contributed by atoms with E-state index in [9.17, 15) is 27.9 Å². The average Bonchev–Trinajstić information content (AvgIpc) is 1.73. The van der Waals surface area contributed by atoms with Crippen molar-refractivity contribution < 1.29 is 98.9 Å². The van der Waals surface area contributed by atoms with E-state index < -0.39 is 12.1 Å². The number of aliphatic hydroxyl groups excluding tert-OH is 1. The number of piperazine rings is 2. The maximum atomic E-state index is 12.7. The summed E-state index contributed by atoms with van der Waals surface area (Å²) in [5.74, 6) is -1.28. The maximum Gasteiger partial charge on any atom is 0.317 e. The van der Waals surface area contributed by atoms with Crippen molar-refractivity contribution in [3.05, 3.63) is 0 Å². The van der Waals surface area contributed by atoms with E-state index in [1.807, 2.05) is 74.1 Å². The van der Waals surface area contributed by atoms with Crippen LogP contribution in [-0.4, -0.2) is 541 Å². The minimum Gasteiger partial charge on any atom is -0.392 e. The SMILES string of the molecule is CC(C)OCC1CCCO1.CC(C)OCCC1CCN(C)CC1.CC(C)OCCCN1CCCC1.CC(C)OCCCN1CCN(C)CC1.CC(C)OCCCN1CCOCC1.CC(C)OCCN1CCC(F)(F)C1.CC(C)OCCN1CCC(F)C1.CC(C)OCCN1CCC(O)C1.CC(C)OCCN1CCCC1=O.CC(C)OCCN1CCN(C)CC1.CC(C)OCCN1CCNC1=O.CC(C)OCCN1CCOCC1. The van der Waals surface area contributed by atoms with Crippen LogP contribution in [0.25, 0.3) is 0 Å². The van der Waals surface area contributed by atoms with Crippen LogP contribution in [0, 0.1) is 5.92 Å². The molecule has 3 amide bonds. The van der Waals surface area contributed by atoms with Crippen LogP contribution in [0.4, 0.5) is 18.0 Å². The molecule has 0 radical (unpaired) electrons. The molecule has 148 heavy (non-hydrogen) atoms. The summed E-state index contributed by atoms with van der Waals surface area (Å²) < 4.78 is 119. The molecule has 12 saturated heterocycles. The molecule has 0 aromatic rings. The van der Waals surface area contributed by atoms with Crippen molar-refractivity contribution in [1.82, 2.24) is 69.0 Å². The molecule has 0 aliphatic carbocycles. The molecular formula is C113H233F3N14O18. The number of morpholine rings is 2. The lowest BCUT2D eigenvalue weighted by molar-refractivity contribution is -0.128. The van der Waals surface area contributed by atoms with Crippen LogP contribution in [0.1, 0.15) is 262 Å². The Morgan fingerprint density at radius 3 is 1.03 bits per heavy atom. The molecule has 2 N–H and O–H groups in total. The van der Waals surface area contributed by atoms with Crippen LogP contribution in [0.15, 0.2) is 0 Å². The van der Waals surface area contributed by atoms with Crippen molar-refractivity contribution >= 4 is 11.9 Å². The van der Waals surface area contributed by atoms with E-state index in [0.717, 1.165) is 229 Å². The van der Waals surface area contributed by atoms with Crippen molar-refractivity contribution in [3.8, 4) is 0 Å². The largest absolute Gasteiger partial charge is 0.392 e. The van der Waals surface area contributed by atoms with Gasteiger partial charge in [0.2, 0.25) is 5.91 Å². The normalized spacial score (nSPS) is 21.4. The number of likely N-dealkylation sites (tertiary alicyclic amines) is 6. The molecule has 0 spiro atoms. The van der Waals surface area contributed by atoms with Crippen LogP contribution in [0.2, 0.25) is 0 Å². The van der Waals surface area contributed by atoms with Crippen molar-refractivity contribution in [2.24, 2.45) is 5.92 Å². The summed E-state index contributed by atoms with van der Waals surface area (Å²) in [7, 11) is 6.59. The molecule has 12 aliphatic heterocycles. The Bertz CT molecular complexity index is 2800. The molecule has 35 heteroatoms. The highest BCUT2D eigenvalue weighted by Gasteiger charge is 2.38. The number of nitrogens with zero attached hydrogens (tertiary/aromatic N) is 13. The number of carbonyl (C=O) groups is 2. The van der Waals surface area contributed by atoms with E-state index in [1.54, 1.807) is 9.80 Å². The third kappa shape index (κ3) is 89.4. The zero-order valence-corrected chi connectivity index (χ0v) is 99.9. The first-order valence-corrected chi connectivity index (χ1v) is 58.5. The van der Waals surface area contributed by atoms with Crippen molar-refractivity contribution in [3.63, 3.8) is 0 Å². The number of hydrogen-bond acceptors (Lipinski definition) is 29. The third-order valence-electron chi connectivity index (χ3n) is 26.0. The van der Waals surface area contributed by atoms with Gasteiger partial charge in [0.15, 0.2) is 0 Å². The summed E-state index contributed by atoms with van der Waals surface area (Å²) in [5, 5.41) is 12.0. The van der Waals surface area contributed by atoms with E-state index >= 15 is 0 Å². The summed E-state index contributed by atoms with van der Waals surface area (Å²) >= 11 is 0. The summed E-state index contributed by atoms with van der Waals surface area (Å²) in [6, 6.07) is 0.0300. The minimum atomic E-state index is -2.47. The second-order valence-corrected chi connectivity index (χ2v) is 44.5. The molecule has 0 aromatic heterocycles. The number of likely N-dealkylation sites (N-methyl/N-ethyl adjacent to an activating group) is 2. The highest BCUT2D eigenvalue weighted by Crippen LogP contribution is 2.27. The van der Waals surface area contributed by atoms with Gasteiger partial charge in [0.05, 0.1) is 171 Å². The smallest absolute Gasteiger partial charge is 0.317 e. The second-order valence-electron chi connectivity index (χ2n) is 44.5. The highest BCUT2D eigenvalue weighted by molar-refractivity contribution is 5.78. The summed E-state index contributed by atoms with van der Waals surface area (Å²) in [5.41, 5.74) is 0. The quantitative estimate of drug-likeness (QED) is 0.0537. The molecule has 884 valence electrons. The van der Waals surface area contributed by atoms with Crippen LogP contribution >= 0.6 is 0 Å². The number of carbonyl (C=O) groups excluding carboxylic acids is 2. The Kier molecular flexibility index (Phi) is 89.5. The van der Waals surface area contributed by atoms with Gasteiger partial charge in [0.25, 0.3) is 5.92 Å². The first-order valence-electron chi connectivity index (χ1n) is 58.5. The molecule has 0 bridgehead atoms. The van der Waals surface area contributed by atoms with E-state index in [-0.39, 0.29) is 55.4 Å². The van der Waals surface area contributed by atoms with Crippen LogP contribution in [-0.2, 0) is 75.8 Å². The highest BCUT2D eigenvalue weighted by atomic mass is 19.3. The lowest BCUT2D eigenvalue weighted by Crippen LogP contribution is -2.45. The topological polar surface area (TPSA) is 247 Å². The van der Waals surface area contributed by atoms with Gasteiger partial charge in [0, 0.05) is 242 Å². The molecule has 12 aliphatic rings. The minimum absolute atomic E-state index is 0.00528. The standard InChI is InChI=1S/C11H24N2O.C11H23NO.C10H22N2O.C10H21NO2.C10H21NO.C9H17F2NO.C9H18FNO.2C9H19NO2.C9H17NO2.C8H16N2O2.C8H16O2/c1-11(2)14-10-4-5-13-8-6-12(3)7-9-13;1-10(2)13-9-6-11-4-7-12(3)8-5-11;1-10(2)13-9-8-12-6-4-11(3)5-7-12;1-10(2)13-7-3-4-11-5-8-12-9-6-11;1-10(2)12-9-5-8-11-6-3-4-7-11;1-8(2)13-6-5-12-4-3-9(10,11)7-12;1-8(2)12-6-5-11-4-3-9(10)7-11;1-9(2)12-8-5-10-3-6-11-7-4-10;1-8(2)12-6-5-10-4-3-9(11)7-10;1-8(2)12-7-6-10-5-3-4-9(10)11;1-7(2)12-6-5-10-4-3-9-8(10)11;1-7(2)10-6-8-4-3-5-9-8/h11H,4-10H2,1-3H3;10-11H,4-9H2,1-3H3;10H,4-9H2,1-3H3;10H,3-9H2,1-2H3;10H,3-9H2,1-2H3;8H,3-7H2,1-2H3;8-9H,3-7H2,1-2H3;9H,3-8H2,1-2H3;8-9,11H,3-7H2,1-2H3;8H,3-7H2,1-2H3;7H,3-6H2,1-2H3,(H,9,11);7-8H,3-6H2,1-2H3. The summed E-state index contributed by atoms with van der Waals surface area (Å²) in [4.78, 5) is 51.4. The Morgan fingerprint density at radius 2 is 0.682 bits per heavy atom. The van der Waals surface area contributed by atoms with Crippen molar-refractivity contribution in [1.29, 1.82) is 0 Å². The molecule has 32 nitrogen and oxygen atoms in total. The number of aliphatic hydroxyl groups is 1. The third-order valence-corrected chi connectivity index (χ3v) is 26.0. The van der Waals surface area contributed by atoms with Crippen molar-refractivity contribution in [2.45, 2.75) is 360 Å². The van der Waals surface area contributed by atoms with Gasteiger partial charge in [-0.3, -0.25) is 34.2 Å². The average molecular weight is 2130 g/mol. The van der Waals surface area contributed by atoms with Crippen LogP contribution < -0.4 is 5.32 Å². The van der Waals surface area contributed by atoms with E-state index in [1.165, 1.54) is 149 Å². The number of amides is 3. The molecule has 0 aromatic carbocycles. The number of alkyl halides is 3. The number of urea groups is 1. The van der Waals surface area contributed by atoms with Crippen LogP contribution in [0.3, 0.4) is 0 Å². The van der Waals surface area contributed by atoms with E-state index in [0.29, 0.717) is 107 Å². The first kappa shape index (κ1) is 143. The predicted octanol–water partition coefficient (Wildman–Crippen LogP) is 14.4. The molecule has 0 saturated carbocycles. The van der Waals surface area contributed by atoms with Gasteiger partial charge in [-0.1, -0.05) is 0 Å². The fourth-order valence-electron chi connectivity index (χ4n) is 17.1. The Labute approximate surface area is 903 Å². The monoisotopic (exact) mass is 2130 g/mol. The Balaban J connectivity index is 0.000000808. The van der Waals surface area contributed by atoms with Crippen molar-refractivity contribution in [2.75, 3.05) is 363 Å². The predicted molar refractivity (Wildman–Crippen MR) is 599 cm³/mol. The molecule has 12 rings (SSSR count). The number of piperidine rings is 1. The van der Waals surface area contributed by atoms with Gasteiger partial charge < -0.3 is 116 Å². The van der Waals surface area contributed by atoms with E-state index in [2.05, 4.69) is 172 Å². The number of β-amino-alcohol motifs (C(OH)–C–C–N with tert-alkyl or cyclic N) is 1. The van der Waals surface area contributed by atoms with Gasteiger partial charge in [-0.15, -0.1) is 0 Å². The van der Waals surface area contributed by atoms with Gasteiger partial charge >= 0.3 is 6.03 Å². The molecule has 3 atom stereocenters. The lowest BCUT2D eigenvalue weighted by atomic mass is 9.94.